The lowest BCUT2D eigenvalue weighted by Crippen LogP contribution is -2.33. The highest BCUT2D eigenvalue weighted by molar-refractivity contribution is 8.18. The highest BCUT2D eigenvalue weighted by Gasteiger charge is 2.39. The van der Waals surface area contributed by atoms with Crippen molar-refractivity contribution in [2.24, 2.45) is 4.99 Å². The van der Waals surface area contributed by atoms with Crippen molar-refractivity contribution in [3.05, 3.63) is 70.6 Å². The number of amides is 2. The number of amidine groups is 1. The molecule has 1 saturated heterocycles. The van der Waals surface area contributed by atoms with E-state index in [2.05, 4.69) is 9.89 Å². The van der Waals surface area contributed by atoms with Crippen molar-refractivity contribution in [1.82, 2.24) is 4.90 Å². The number of anilines is 1. The molecule has 0 N–H and O–H groups in total. The minimum absolute atomic E-state index is 0.124. The molecule has 1 fully saturated rings. The second kappa shape index (κ2) is 7.52. The molecule has 0 spiro atoms. The molecule has 2 aromatic rings. The molecule has 2 aromatic carbocycles. The third-order valence-electron chi connectivity index (χ3n) is 5.55. The van der Waals surface area contributed by atoms with E-state index in [-0.39, 0.29) is 11.8 Å². The fourth-order valence-corrected chi connectivity index (χ4v) is 5.15. The number of nitrogens with zero attached hydrogens (tertiary/aromatic N) is 3. The van der Waals surface area contributed by atoms with Crippen LogP contribution in [0.2, 0.25) is 0 Å². The summed E-state index contributed by atoms with van der Waals surface area (Å²) in [7, 11) is 0. The molecule has 2 amide bonds. The Morgan fingerprint density at radius 1 is 0.897 bits per heavy atom. The van der Waals surface area contributed by atoms with Gasteiger partial charge in [-0.25, -0.2) is 0 Å². The van der Waals surface area contributed by atoms with Gasteiger partial charge in [0.15, 0.2) is 5.17 Å². The van der Waals surface area contributed by atoms with E-state index in [1.165, 1.54) is 18.2 Å². The number of piperidine rings is 1. The largest absolute Gasteiger partial charge is 0.351 e. The van der Waals surface area contributed by atoms with Crippen LogP contribution >= 0.6 is 11.8 Å². The van der Waals surface area contributed by atoms with Gasteiger partial charge in [-0.15, -0.1) is 0 Å². The van der Waals surface area contributed by atoms with Gasteiger partial charge in [0, 0.05) is 18.7 Å². The minimum Gasteiger partial charge on any atom is -0.351 e. The number of hydrogen-bond acceptors (Lipinski definition) is 4. The van der Waals surface area contributed by atoms with Gasteiger partial charge in [0.2, 0.25) is 0 Å². The third-order valence-corrected chi connectivity index (χ3v) is 6.66. The van der Waals surface area contributed by atoms with Crippen molar-refractivity contribution in [3.63, 3.8) is 0 Å². The zero-order valence-electron chi connectivity index (χ0n) is 16.0. The molecule has 0 atom stereocenters. The maximum atomic E-state index is 13.4. The van der Waals surface area contributed by atoms with Gasteiger partial charge in [0.25, 0.3) is 11.8 Å². The molecular formula is C23H21N3O2S. The Labute approximate surface area is 174 Å². The summed E-state index contributed by atoms with van der Waals surface area (Å²) in [5.41, 5.74) is 3.21. The summed E-state index contributed by atoms with van der Waals surface area (Å²) in [6.07, 6.45) is 3.45. The monoisotopic (exact) mass is 403 g/mol. The van der Waals surface area contributed by atoms with Crippen molar-refractivity contribution in [3.8, 4) is 0 Å². The van der Waals surface area contributed by atoms with Crippen LogP contribution in [-0.4, -0.2) is 35.0 Å². The normalized spacial score (nSPS) is 21.6. The first kappa shape index (κ1) is 18.2. The number of fused-ring (bicyclic) bond motifs is 1. The Kier molecular flexibility index (Phi) is 4.72. The van der Waals surface area contributed by atoms with Crippen molar-refractivity contribution >= 4 is 40.0 Å². The van der Waals surface area contributed by atoms with Gasteiger partial charge in [0.05, 0.1) is 22.7 Å². The van der Waals surface area contributed by atoms with Crippen LogP contribution in [-0.2, 0) is 16.1 Å². The molecule has 5 nitrogen and oxygen atoms in total. The quantitative estimate of drug-likeness (QED) is 0.710. The predicted octanol–water partition coefficient (Wildman–Crippen LogP) is 4.06. The summed E-state index contributed by atoms with van der Waals surface area (Å²) < 4.78 is 0. The van der Waals surface area contributed by atoms with E-state index >= 15 is 0 Å². The van der Waals surface area contributed by atoms with Crippen molar-refractivity contribution in [2.45, 2.75) is 25.8 Å². The third kappa shape index (κ3) is 3.27. The summed E-state index contributed by atoms with van der Waals surface area (Å²) in [4.78, 5) is 34.9. The molecule has 3 aliphatic heterocycles. The van der Waals surface area contributed by atoms with Crippen molar-refractivity contribution in [2.75, 3.05) is 18.0 Å². The number of likely N-dealkylation sites (tertiary alicyclic amines) is 1. The zero-order chi connectivity index (χ0) is 19.8. The van der Waals surface area contributed by atoms with Gasteiger partial charge in [-0.05, 0) is 42.7 Å². The lowest BCUT2D eigenvalue weighted by Gasteiger charge is -2.27. The Hall–Kier alpha value is -2.86. The van der Waals surface area contributed by atoms with Crippen LogP contribution in [0.1, 0.15) is 30.4 Å². The molecule has 146 valence electrons. The topological polar surface area (TPSA) is 53.0 Å². The van der Waals surface area contributed by atoms with Crippen LogP contribution in [0.5, 0.6) is 0 Å². The van der Waals surface area contributed by atoms with E-state index in [0.29, 0.717) is 17.0 Å². The smallest absolute Gasteiger partial charge is 0.287 e. The lowest BCUT2D eigenvalue weighted by atomic mass is 10.1. The van der Waals surface area contributed by atoms with E-state index in [4.69, 9.17) is 0 Å². The molecular weight excluding hydrogens is 382 g/mol. The number of para-hydroxylation sites is 1. The fraction of sp³-hybridized carbons (Fsp3) is 0.261. The first-order chi connectivity index (χ1) is 14.2. The number of aliphatic imine (C=N–C) groups is 1. The maximum absolute atomic E-state index is 13.4. The Morgan fingerprint density at radius 2 is 1.62 bits per heavy atom. The number of benzene rings is 2. The lowest BCUT2D eigenvalue weighted by molar-refractivity contribution is -0.115. The standard InChI is InChI=1S/C23H21N3O2S/c27-21-20(29-23(24-21)25-13-7-2-8-14-25)19-17-11-5-6-12-18(17)26(22(19)28)15-16-9-3-1-4-10-16/h1,3-6,9-12H,2,7-8,13-15H2. The molecule has 3 heterocycles. The molecule has 29 heavy (non-hydrogen) atoms. The van der Waals surface area contributed by atoms with Crippen LogP contribution in [0, 0.1) is 0 Å². The molecule has 0 aliphatic carbocycles. The van der Waals surface area contributed by atoms with Gasteiger partial charge in [0.1, 0.15) is 0 Å². The summed E-state index contributed by atoms with van der Waals surface area (Å²) in [6.45, 7) is 2.32. The molecule has 0 aromatic heterocycles. The number of thioether (sulfide) groups is 1. The fourth-order valence-electron chi connectivity index (χ4n) is 4.10. The summed E-state index contributed by atoms with van der Waals surface area (Å²) in [5, 5.41) is 0.740. The molecule has 3 aliphatic rings. The predicted molar refractivity (Wildman–Crippen MR) is 116 cm³/mol. The second-order valence-corrected chi connectivity index (χ2v) is 8.42. The molecule has 6 heteroatoms. The number of rotatable bonds is 2. The Morgan fingerprint density at radius 3 is 2.41 bits per heavy atom. The van der Waals surface area contributed by atoms with Crippen molar-refractivity contribution < 1.29 is 9.59 Å². The molecule has 0 saturated carbocycles. The second-order valence-electron chi connectivity index (χ2n) is 7.45. The summed E-state index contributed by atoms with van der Waals surface area (Å²) in [6, 6.07) is 17.6. The number of carbonyl (C=O) groups is 2. The van der Waals surface area contributed by atoms with Crippen LogP contribution in [0.15, 0.2) is 64.5 Å². The Balaban J connectivity index is 1.50. The van der Waals surface area contributed by atoms with Crippen molar-refractivity contribution in [1.29, 1.82) is 0 Å². The van der Waals surface area contributed by atoms with Gasteiger partial charge in [-0.3, -0.25) is 9.59 Å². The maximum Gasteiger partial charge on any atom is 0.287 e. The first-order valence-corrected chi connectivity index (χ1v) is 10.8. The van der Waals surface area contributed by atoms with Crippen LogP contribution in [0.25, 0.3) is 5.57 Å². The Bertz CT molecular complexity index is 1040. The summed E-state index contributed by atoms with van der Waals surface area (Å²) in [5.74, 6) is -0.420. The van der Waals surface area contributed by atoms with Gasteiger partial charge in [-0.2, -0.15) is 4.99 Å². The van der Waals surface area contributed by atoms with E-state index < -0.39 is 0 Å². The van der Waals surface area contributed by atoms with Gasteiger partial charge in [-0.1, -0.05) is 48.5 Å². The number of hydrogen-bond donors (Lipinski definition) is 0. The molecule has 5 rings (SSSR count). The minimum atomic E-state index is -0.296. The van der Waals surface area contributed by atoms with Crippen LogP contribution < -0.4 is 4.90 Å². The average molecular weight is 404 g/mol. The van der Waals surface area contributed by atoms with E-state index in [9.17, 15) is 9.59 Å². The number of carbonyl (C=O) groups excluding carboxylic acids is 2. The highest BCUT2D eigenvalue weighted by atomic mass is 32.2. The average Bonchev–Trinajstić information content (AvgIpc) is 3.27. The first-order valence-electron chi connectivity index (χ1n) is 9.97. The van der Waals surface area contributed by atoms with Crippen LogP contribution in [0.3, 0.4) is 0 Å². The van der Waals surface area contributed by atoms with E-state index in [1.807, 2.05) is 54.6 Å². The SMILES string of the molecule is O=C1N=C(N2CCCCC2)SC1=C1C(=O)N(Cc2ccccc2)c2ccccc21. The molecule has 0 unspecified atom stereocenters. The van der Waals surface area contributed by atoms with Gasteiger partial charge >= 0.3 is 0 Å². The highest BCUT2D eigenvalue weighted by Crippen LogP contribution is 2.44. The molecule has 0 radical (unpaired) electrons. The van der Waals surface area contributed by atoms with E-state index in [0.717, 1.165) is 47.9 Å². The summed E-state index contributed by atoms with van der Waals surface area (Å²) >= 11 is 1.36. The van der Waals surface area contributed by atoms with E-state index in [1.54, 1.807) is 4.90 Å². The van der Waals surface area contributed by atoms with Crippen LogP contribution in [0.4, 0.5) is 5.69 Å². The zero-order valence-corrected chi connectivity index (χ0v) is 16.8. The molecule has 0 bridgehead atoms. The van der Waals surface area contributed by atoms with Gasteiger partial charge < -0.3 is 9.80 Å².